The minimum absolute atomic E-state index is 0. The number of guanidine groups is 1. The van der Waals surface area contributed by atoms with Crippen LogP contribution in [-0.4, -0.2) is 52.7 Å². The van der Waals surface area contributed by atoms with Gasteiger partial charge >= 0.3 is 0 Å². The van der Waals surface area contributed by atoms with E-state index >= 15 is 0 Å². The number of aliphatic imine (C=N–C) groups is 1. The van der Waals surface area contributed by atoms with Crippen LogP contribution in [0.5, 0.6) is 0 Å². The lowest BCUT2D eigenvalue weighted by molar-refractivity contribution is -0.127. The van der Waals surface area contributed by atoms with Crippen LogP contribution < -0.4 is 10.6 Å². The van der Waals surface area contributed by atoms with Crippen molar-refractivity contribution >= 4 is 35.8 Å². The molecule has 1 aromatic rings. The summed E-state index contributed by atoms with van der Waals surface area (Å²) in [5.74, 6) is 1.10. The molecule has 1 amide bonds. The number of aryl methyl sites for hydroxylation is 2. The number of nitrogens with one attached hydrogen (secondary N) is 2. The van der Waals surface area contributed by atoms with E-state index in [0.717, 1.165) is 56.4 Å². The van der Waals surface area contributed by atoms with Crippen molar-refractivity contribution in [3.05, 3.63) is 17.0 Å². The van der Waals surface area contributed by atoms with Gasteiger partial charge in [-0.15, -0.1) is 24.0 Å². The first kappa shape index (κ1) is 21.7. The molecule has 1 aliphatic rings. The summed E-state index contributed by atoms with van der Waals surface area (Å²) in [4.78, 5) is 18.2. The van der Waals surface area contributed by atoms with Gasteiger partial charge in [-0.25, -0.2) is 4.99 Å². The molecule has 0 unspecified atom stereocenters. The SMILES string of the molecule is CCNC(=NCc1c(C)nn(C)c1C)NCCCN1CCCC1=O.I. The van der Waals surface area contributed by atoms with E-state index < -0.39 is 0 Å². The van der Waals surface area contributed by atoms with Crippen molar-refractivity contribution in [1.82, 2.24) is 25.3 Å². The molecule has 0 aliphatic carbocycles. The Balaban J connectivity index is 0.00000312. The molecule has 0 radical (unpaired) electrons. The van der Waals surface area contributed by atoms with Gasteiger partial charge < -0.3 is 15.5 Å². The highest BCUT2D eigenvalue weighted by molar-refractivity contribution is 14.0. The molecule has 2 N–H and O–H groups in total. The van der Waals surface area contributed by atoms with Crippen LogP contribution in [0.25, 0.3) is 0 Å². The largest absolute Gasteiger partial charge is 0.357 e. The normalized spacial score (nSPS) is 14.6. The Bertz CT molecular complexity index is 598. The Labute approximate surface area is 167 Å². The van der Waals surface area contributed by atoms with E-state index in [4.69, 9.17) is 0 Å². The van der Waals surface area contributed by atoms with Crippen LogP contribution in [-0.2, 0) is 18.4 Å². The second-order valence-electron chi connectivity index (χ2n) is 6.23. The fourth-order valence-electron chi connectivity index (χ4n) is 2.96. The van der Waals surface area contributed by atoms with Gasteiger partial charge in [0.25, 0.3) is 0 Å². The maximum atomic E-state index is 11.6. The Morgan fingerprint density at radius 1 is 1.32 bits per heavy atom. The number of aromatic nitrogens is 2. The number of hydrogen-bond acceptors (Lipinski definition) is 3. The molecule has 0 saturated carbocycles. The van der Waals surface area contributed by atoms with E-state index in [1.165, 1.54) is 5.56 Å². The van der Waals surface area contributed by atoms with E-state index in [2.05, 4.69) is 34.6 Å². The van der Waals surface area contributed by atoms with Gasteiger partial charge in [0.2, 0.25) is 5.91 Å². The minimum atomic E-state index is 0. The van der Waals surface area contributed by atoms with Gasteiger partial charge in [0.1, 0.15) is 0 Å². The second kappa shape index (κ2) is 10.6. The quantitative estimate of drug-likeness (QED) is 0.280. The molecule has 2 rings (SSSR count). The number of rotatable bonds is 7. The summed E-state index contributed by atoms with van der Waals surface area (Å²) < 4.78 is 1.90. The Morgan fingerprint density at radius 2 is 2.08 bits per heavy atom. The predicted octanol–water partition coefficient (Wildman–Crippen LogP) is 1.72. The number of nitrogens with zero attached hydrogens (tertiary/aromatic N) is 4. The number of amides is 1. The van der Waals surface area contributed by atoms with E-state index in [9.17, 15) is 4.79 Å². The zero-order chi connectivity index (χ0) is 17.5. The molecule has 8 heteroatoms. The fourth-order valence-corrected chi connectivity index (χ4v) is 2.96. The molecule has 0 aromatic carbocycles. The van der Waals surface area contributed by atoms with E-state index in [1.807, 2.05) is 23.6 Å². The first-order valence-electron chi connectivity index (χ1n) is 8.82. The van der Waals surface area contributed by atoms with Crippen LogP contribution >= 0.6 is 24.0 Å². The highest BCUT2D eigenvalue weighted by Crippen LogP contribution is 2.13. The lowest BCUT2D eigenvalue weighted by Crippen LogP contribution is -2.39. The minimum Gasteiger partial charge on any atom is -0.357 e. The Hall–Kier alpha value is -1.32. The summed E-state index contributed by atoms with van der Waals surface area (Å²) in [6.07, 6.45) is 2.64. The average Bonchev–Trinajstić information content (AvgIpc) is 3.05. The molecule has 0 bridgehead atoms. The van der Waals surface area contributed by atoms with E-state index in [-0.39, 0.29) is 29.9 Å². The summed E-state index contributed by atoms with van der Waals surface area (Å²) in [7, 11) is 1.96. The molecular weight excluding hydrogens is 431 g/mol. The van der Waals surface area contributed by atoms with Crippen molar-refractivity contribution < 1.29 is 4.79 Å². The van der Waals surface area contributed by atoms with Gasteiger partial charge in [0.05, 0.1) is 12.2 Å². The van der Waals surface area contributed by atoms with Gasteiger partial charge in [-0.05, 0) is 33.6 Å². The van der Waals surface area contributed by atoms with Gasteiger partial charge in [0.15, 0.2) is 5.96 Å². The summed E-state index contributed by atoms with van der Waals surface area (Å²) in [6, 6.07) is 0. The van der Waals surface area contributed by atoms with Crippen LogP contribution in [0.2, 0.25) is 0 Å². The third-order valence-corrected chi connectivity index (χ3v) is 4.47. The third-order valence-electron chi connectivity index (χ3n) is 4.47. The van der Waals surface area contributed by atoms with Crippen LogP contribution in [0.15, 0.2) is 4.99 Å². The average molecular weight is 462 g/mol. The predicted molar refractivity (Wildman–Crippen MR) is 111 cm³/mol. The molecule has 2 heterocycles. The number of hydrogen-bond donors (Lipinski definition) is 2. The lowest BCUT2D eigenvalue weighted by atomic mass is 10.2. The molecule has 142 valence electrons. The number of carbonyl (C=O) groups is 1. The first-order chi connectivity index (χ1) is 11.5. The lowest BCUT2D eigenvalue weighted by Gasteiger charge is -2.16. The zero-order valence-corrected chi connectivity index (χ0v) is 18.1. The third kappa shape index (κ3) is 6.16. The maximum absolute atomic E-state index is 11.6. The van der Waals surface area contributed by atoms with Crippen LogP contribution in [0.3, 0.4) is 0 Å². The van der Waals surface area contributed by atoms with Crippen molar-refractivity contribution in [3.63, 3.8) is 0 Å². The van der Waals surface area contributed by atoms with E-state index in [1.54, 1.807) is 0 Å². The molecule has 1 fully saturated rings. The number of halogens is 1. The smallest absolute Gasteiger partial charge is 0.222 e. The van der Waals surface area contributed by atoms with Crippen molar-refractivity contribution in [1.29, 1.82) is 0 Å². The van der Waals surface area contributed by atoms with Crippen molar-refractivity contribution in [2.45, 2.75) is 46.6 Å². The van der Waals surface area contributed by atoms with Gasteiger partial charge in [-0.3, -0.25) is 9.48 Å². The van der Waals surface area contributed by atoms with Crippen LogP contribution in [0.1, 0.15) is 43.1 Å². The molecule has 7 nitrogen and oxygen atoms in total. The van der Waals surface area contributed by atoms with Crippen molar-refractivity contribution in [2.75, 3.05) is 26.2 Å². The highest BCUT2D eigenvalue weighted by Gasteiger charge is 2.18. The maximum Gasteiger partial charge on any atom is 0.222 e. The highest BCUT2D eigenvalue weighted by atomic mass is 127. The standard InChI is InChI=1S/C17H30N6O.HI/c1-5-18-17(19-9-7-11-23-10-6-8-16(23)24)20-12-15-13(2)21-22(4)14(15)3;/h5-12H2,1-4H3,(H2,18,19,20);1H. The van der Waals surface area contributed by atoms with Crippen LogP contribution in [0, 0.1) is 13.8 Å². The van der Waals surface area contributed by atoms with Gasteiger partial charge in [-0.1, -0.05) is 0 Å². The summed E-state index contributed by atoms with van der Waals surface area (Å²) >= 11 is 0. The van der Waals surface area contributed by atoms with E-state index in [0.29, 0.717) is 13.0 Å². The van der Waals surface area contributed by atoms with Gasteiger partial charge in [0, 0.05) is 50.9 Å². The molecule has 1 aromatic heterocycles. The molecular formula is C17H31IN6O. The van der Waals surface area contributed by atoms with Crippen LogP contribution in [0.4, 0.5) is 0 Å². The molecule has 0 atom stereocenters. The molecule has 25 heavy (non-hydrogen) atoms. The summed E-state index contributed by atoms with van der Waals surface area (Å²) in [5.41, 5.74) is 3.36. The fraction of sp³-hybridized carbons (Fsp3) is 0.706. The van der Waals surface area contributed by atoms with Gasteiger partial charge in [-0.2, -0.15) is 5.10 Å². The van der Waals surface area contributed by atoms with Crippen molar-refractivity contribution in [2.24, 2.45) is 12.0 Å². The number of likely N-dealkylation sites (tertiary alicyclic amines) is 1. The molecule has 1 aliphatic heterocycles. The second-order valence-corrected chi connectivity index (χ2v) is 6.23. The summed E-state index contributed by atoms with van der Waals surface area (Å²) in [6.45, 7) is 10.1. The Kier molecular flexibility index (Phi) is 9.23. The first-order valence-corrected chi connectivity index (χ1v) is 8.82. The topological polar surface area (TPSA) is 74.6 Å². The summed E-state index contributed by atoms with van der Waals surface area (Å²) in [5, 5.41) is 11.0. The zero-order valence-electron chi connectivity index (χ0n) is 15.8. The molecule has 0 spiro atoms. The molecule has 1 saturated heterocycles. The number of carbonyl (C=O) groups excluding carboxylic acids is 1. The monoisotopic (exact) mass is 462 g/mol. The van der Waals surface area contributed by atoms with Crippen molar-refractivity contribution in [3.8, 4) is 0 Å². The Morgan fingerprint density at radius 3 is 2.64 bits per heavy atom.